The van der Waals surface area contributed by atoms with Gasteiger partial charge in [0.2, 0.25) is 0 Å². The number of hydrogen-bond donors (Lipinski definition) is 1. The molecule has 4 nitrogen and oxygen atoms in total. The molecule has 0 saturated carbocycles. The van der Waals surface area contributed by atoms with E-state index in [9.17, 15) is 4.79 Å². The van der Waals surface area contributed by atoms with Gasteiger partial charge in [-0.3, -0.25) is 4.79 Å². The van der Waals surface area contributed by atoms with Crippen molar-refractivity contribution in [3.8, 4) is 0 Å². The largest absolute Gasteiger partial charge is 0.469 e. The molecular formula is C15H23NO3. The second-order valence-electron chi connectivity index (χ2n) is 4.62. The Kier molecular flexibility index (Phi) is 7.15. The molecule has 106 valence electrons. The minimum atomic E-state index is -0.212. The summed E-state index contributed by atoms with van der Waals surface area (Å²) in [7, 11) is 1.41. The fourth-order valence-electron chi connectivity index (χ4n) is 1.72. The lowest BCUT2D eigenvalue weighted by Gasteiger charge is -2.11. The number of rotatable bonds is 8. The molecule has 0 spiro atoms. The number of methoxy groups -OCH3 is 1. The molecule has 4 heteroatoms. The Bertz CT molecular complexity index is 391. The molecule has 1 N–H and O–H groups in total. The zero-order chi connectivity index (χ0) is 14.1. The third-order valence-electron chi connectivity index (χ3n) is 2.73. The molecule has 0 aliphatic heterocycles. The summed E-state index contributed by atoms with van der Waals surface area (Å²) in [5.74, 6) is -0.212. The second-order valence-corrected chi connectivity index (χ2v) is 4.62. The molecule has 1 aromatic rings. The van der Waals surface area contributed by atoms with Crippen LogP contribution in [0.1, 0.15) is 25.0 Å². The first-order chi connectivity index (χ1) is 9.13. The minimum absolute atomic E-state index is 0.212. The number of esters is 1. The summed E-state index contributed by atoms with van der Waals surface area (Å²) in [5.41, 5.74) is 2.13. The van der Waals surface area contributed by atoms with E-state index >= 15 is 0 Å². The Morgan fingerprint density at radius 1 is 1.26 bits per heavy atom. The van der Waals surface area contributed by atoms with Crippen molar-refractivity contribution in [3.63, 3.8) is 0 Å². The SMILES string of the molecule is COC(=O)Cc1ccccc1CNCCOC(C)C. The van der Waals surface area contributed by atoms with Gasteiger partial charge in [0.05, 0.1) is 26.2 Å². The standard InChI is InChI=1S/C15H23NO3/c1-12(2)19-9-8-16-11-14-7-5-4-6-13(14)10-15(17)18-3/h4-7,12,16H,8-11H2,1-3H3. The predicted octanol–water partition coefficient (Wildman–Crippen LogP) is 1.92. The fraction of sp³-hybridized carbons (Fsp3) is 0.533. The third kappa shape index (κ3) is 6.36. The van der Waals surface area contributed by atoms with Gasteiger partial charge in [-0.25, -0.2) is 0 Å². The number of hydrogen-bond acceptors (Lipinski definition) is 4. The lowest BCUT2D eigenvalue weighted by molar-refractivity contribution is -0.139. The molecular weight excluding hydrogens is 242 g/mol. The van der Waals surface area contributed by atoms with E-state index in [-0.39, 0.29) is 12.1 Å². The molecule has 0 aliphatic rings. The highest BCUT2D eigenvalue weighted by molar-refractivity contribution is 5.72. The monoisotopic (exact) mass is 265 g/mol. The van der Waals surface area contributed by atoms with Crippen LogP contribution in [0.15, 0.2) is 24.3 Å². The molecule has 1 aromatic carbocycles. The van der Waals surface area contributed by atoms with Gasteiger partial charge in [0.1, 0.15) is 0 Å². The summed E-state index contributed by atoms with van der Waals surface area (Å²) >= 11 is 0. The van der Waals surface area contributed by atoms with Crippen LogP contribution in [0.5, 0.6) is 0 Å². The summed E-state index contributed by atoms with van der Waals surface area (Å²) in [6.07, 6.45) is 0.574. The van der Waals surface area contributed by atoms with E-state index in [1.54, 1.807) is 0 Å². The molecule has 1 rings (SSSR count). The molecule has 19 heavy (non-hydrogen) atoms. The molecule has 0 saturated heterocycles. The highest BCUT2D eigenvalue weighted by atomic mass is 16.5. The Labute approximate surface area is 115 Å². The third-order valence-corrected chi connectivity index (χ3v) is 2.73. The van der Waals surface area contributed by atoms with E-state index < -0.39 is 0 Å². The van der Waals surface area contributed by atoms with Gasteiger partial charge >= 0.3 is 5.97 Å². The van der Waals surface area contributed by atoms with Crippen molar-refractivity contribution in [2.75, 3.05) is 20.3 Å². The van der Waals surface area contributed by atoms with E-state index in [1.165, 1.54) is 7.11 Å². The number of ether oxygens (including phenoxy) is 2. The normalized spacial score (nSPS) is 10.7. The van der Waals surface area contributed by atoms with Gasteiger partial charge in [0.15, 0.2) is 0 Å². The minimum Gasteiger partial charge on any atom is -0.469 e. The highest BCUT2D eigenvalue weighted by Crippen LogP contribution is 2.09. The van der Waals surface area contributed by atoms with Gasteiger partial charge in [-0.2, -0.15) is 0 Å². The van der Waals surface area contributed by atoms with E-state index in [0.717, 1.165) is 24.2 Å². The Morgan fingerprint density at radius 3 is 2.58 bits per heavy atom. The lowest BCUT2D eigenvalue weighted by atomic mass is 10.0. The first-order valence-electron chi connectivity index (χ1n) is 6.59. The predicted molar refractivity (Wildman–Crippen MR) is 75.0 cm³/mol. The maximum atomic E-state index is 11.3. The van der Waals surface area contributed by atoms with Gasteiger partial charge in [-0.15, -0.1) is 0 Å². The Balaban J connectivity index is 2.42. The van der Waals surface area contributed by atoms with E-state index in [1.807, 2.05) is 38.1 Å². The van der Waals surface area contributed by atoms with Crippen LogP contribution in [0.4, 0.5) is 0 Å². The van der Waals surface area contributed by atoms with Crippen molar-refractivity contribution in [2.24, 2.45) is 0 Å². The van der Waals surface area contributed by atoms with Gasteiger partial charge in [0.25, 0.3) is 0 Å². The van der Waals surface area contributed by atoms with Crippen molar-refractivity contribution < 1.29 is 14.3 Å². The van der Waals surface area contributed by atoms with E-state index in [0.29, 0.717) is 13.0 Å². The zero-order valence-corrected chi connectivity index (χ0v) is 11.9. The summed E-state index contributed by atoms with van der Waals surface area (Å²) in [6.45, 7) is 6.26. The van der Waals surface area contributed by atoms with Gasteiger partial charge in [-0.1, -0.05) is 24.3 Å². The molecule has 0 fully saturated rings. The fourth-order valence-corrected chi connectivity index (χ4v) is 1.72. The zero-order valence-electron chi connectivity index (χ0n) is 11.9. The number of nitrogens with one attached hydrogen (secondary N) is 1. The van der Waals surface area contributed by atoms with Crippen molar-refractivity contribution in [1.29, 1.82) is 0 Å². The molecule has 0 radical (unpaired) electrons. The van der Waals surface area contributed by atoms with Crippen LogP contribution < -0.4 is 5.32 Å². The first kappa shape index (κ1) is 15.7. The van der Waals surface area contributed by atoms with Crippen LogP contribution in [0.25, 0.3) is 0 Å². The van der Waals surface area contributed by atoms with Gasteiger partial charge in [-0.05, 0) is 25.0 Å². The molecule has 0 heterocycles. The number of carbonyl (C=O) groups is 1. The molecule has 0 bridgehead atoms. The topological polar surface area (TPSA) is 47.6 Å². The van der Waals surface area contributed by atoms with Crippen LogP contribution in [0, 0.1) is 0 Å². The second kappa shape index (κ2) is 8.67. The summed E-state index contributed by atoms with van der Waals surface area (Å²) in [6, 6.07) is 7.89. The molecule has 0 atom stereocenters. The summed E-state index contributed by atoms with van der Waals surface area (Å²) < 4.78 is 10.2. The quantitative estimate of drug-likeness (QED) is 0.576. The van der Waals surface area contributed by atoms with Crippen molar-refractivity contribution in [3.05, 3.63) is 35.4 Å². The van der Waals surface area contributed by atoms with Crippen molar-refractivity contribution >= 4 is 5.97 Å². The van der Waals surface area contributed by atoms with Crippen molar-refractivity contribution in [1.82, 2.24) is 5.32 Å². The van der Waals surface area contributed by atoms with E-state index in [4.69, 9.17) is 9.47 Å². The van der Waals surface area contributed by atoms with Crippen LogP contribution in [0.3, 0.4) is 0 Å². The van der Waals surface area contributed by atoms with E-state index in [2.05, 4.69) is 5.32 Å². The van der Waals surface area contributed by atoms with Crippen LogP contribution >= 0.6 is 0 Å². The lowest BCUT2D eigenvalue weighted by Crippen LogP contribution is -2.22. The molecule has 0 amide bonds. The average Bonchev–Trinajstić information content (AvgIpc) is 2.39. The van der Waals surface area contributed by atoms with Gasteiger partial charge < -0.3 is 14.8 Å². The Hall–Kier alpha value is -1.39. The van der Waals surface area contributed by atoms with Crippen molar-refractivity contribution in [2.45, 2.75) is 32.9 Å². The summed E-state index contributed by atoms with van der Waals surface area (Å²) in [5, 5.41) is 3.31. The maximum absolute atomic E-state index is 11.3. The molecule has 0 aromatic heterocycles. The van der Waals surface area contributed by atoms with Crippen LogP contribution in [-0.4, -0.2) is 32.3 Å². The average molecular weight is 265 g/mol. The summed E-state index contributed by atoms with van der Waals surface area (Å²) in [4.78, 5) is 11.3. The first-order valence-corrected chi connectivity index (χ1v) is 6.59. The maximum Gasteiger partial charge on any atom is 0.309 e. The van der Waals surface area contributed by atoms with Crippen LogP contribution in [0.2, 0.25) is 0 Å². The van der Waals surface area contributed by atoms with Gasteiger partial charge in [0, 0.05) is 13.1 Å². The number of carbonyl (C=O) groups excluding carboxylic acids is 1. The Morgan fingerprint density at radius 2 is 1.95 bits per heavy atom. The highest BCUT2D eigenvalue weighted by Gasteiger charge is 2.07. The van der Waals surface area contributed by atoms with Crippen LogP contribution in [-0.2, 0) is 27.2 Å². The smallest absolute Gasteiger partial charge is 0.309 e. The molecule has 0 aliphatic carbocycles. The number of benzene rings is 1. The molecule has 0 unspecified atom stereocenters.